The van der Waals surface area contributed by atoms with Gasteiger partial charge in [0.2, 0.25) is 15.9 Å². The first-order valence-corrected chi connectivity index (χ1v) is 8.85. The molecule has 8 heteroatoms. The van der Waals surface area contributed by atoms with Crippen molar-refractivity contribution in [3.05, 3.63) is 12.4 Å². The van der Waals surface area contributed by atoms with Gasteiger partial charge in [-0.2, -0.15) is 9.40 Å². The predicted octanol–water partition coefficient (Wildman–Crippen LogP) is 0.339. The molecule has 3 heterocycles. The lowest BCUT2D eigenvalue weighted by Crippen LogP contribution is -2.53. The lowest BCUT2D eigenvalue weighted by Gasteiger charge is -2.38. The Morgan fingerprint density at radius 2 is 2.10 bits per heavy atom. The molecule has 0 radical (unpaired) electrons. The fourth-order valence-electron chi connectivity index (χ4n) is 3.40. The highest BCUT2D eigenvalue weighted by Crippen LogP contribution is 2.35. The average molecular weight is 312 g/mol. The molecule has 7 nitrogen and oxygen atoms in total. The molecule has 0 spiro atoms. The van der Waals surface area contributed by atoms with E-state index < -0.39 is 10.0 Å². The minimum Gasteiger partial charge on any atom is -0.305 e. The van der Waals surface area contributed by atoms with E-state index in [0.29, 0.717) is 25.8 Å². The number of sulfonamides is 1. The second-order valence-corrected chi connectivity index (χ2v) is 7.82. The van der Waals surface area contributed by atoms with Crippen LogP contribution in [-0.2, 0) is 21.9 Å². The van der Waals surface area contributed by atoms with Gasteiger partial charge in [0.05, 0.1) is 23.7 Å². The van der Waals surface area contributed by atoms with Gasteiger partial charge in [-0.1, -0.05) is 0 Å². The number of fused-ring (bicyclic) bond motifs is 1. The molecule has 0 N–H and O–H groups in total. The maximum Gasteiger partial charge on any atom is 0.227 e. The first-order valence-electron chi connectivity index (χ1n) is 7.24. The molecule has 0 unspecified atom stereocenters. The van der Waals surface area contributed by atoms with Crippen LogP contribution in [0.15, 0.2) is 12.4 Å². The number of aromatic nitrogens is 2. The minimum absolute atomic E-state index is 0.0556. The Bertz CT molecular complexity index is 654. The van der Waals surface area contributed by atoms with Crippen molar-refractivity contribution in [1.29, 1.82) is 0 Å². The van der Waals surface area contributed by atoms with Crippen LogP contribution in [0.2, 0.25) is 0 Å². The summed E-state index contributed by atoms with van der Waals surface area (Å²) in [4.78, 5) is 14.0. The van der Waals surface area contributed by atoms with Crippen molar-refractivity contribution in [3.8, 4) is 0 Å². The van der Waals surface area contributed by atoms with Crippen molar-refractivity contribution in [2.75, 3.05) is 17.2 Å². The minimum atomic E-state index is -3.21. The monoisotopic (exact) mass is 312 g/mol. The largest absolute Gasteiger partial charge is 0.305 e. The Balaban J connectivity index is 1.92. The third-order valence-corrected chi connectivity index (χ3v) is 6.30. The number of nitrogens with zero attached hydrogens (tertiary/aromatic N) is 4. The number of carbonyl (C=O) groups is 1. The maximum absolute atomic E-state index is 12.3. The molecular weight excluding hydrogens is 292 g/mol. The molecule has 0 aliphatic carbocycles. The molecule has 2 atom stereocenters. The quantitative estimate of drug-likeness (QED) is 0.806. The second kappa shape index (κ2) is 5.10. The molecule has 21 heavy (non-hydrogen) atoms. The molecule has 0 aromatic carbocycles. The van der Waals surface area contributed by atoms with Gasteiger partial charge >= 0.3 is 0 Å². The van der Waals surface area contributed by atoms with Crippen LogP contribution in [0.3, 0.4) is 0 Å². The molecule has 1 amide bonds. The molecule has 1 aromatic rings. The van der Waals surface area contributed by atoms with Gasteiger partial charge in [-0.15, -0.1) is 0 Å². The van der Waals surface area contributed by atoms with Crippen molar-refractivity contribution in [3.63, 3.8) is 0 Å². The van der Waals surface area contributed by atoms with Crippen molar-refractivity contribution >= 4 is 21.6 Å². The third kappa shape index (κ3) is 2.36. The number of hydrogen-bond donors (Lipinski definition) is 0. The molecule has 0 saturated carbocycles. The molecule has 2 aliphatic heterocycles. The fraction of sp³-hybridized carbons (Fsp3) is 0.692. The zero-order valence-electron chi connectivity index (χ0n) is 12.3. The van der Waals surface area contributed by atoms with Gasteiger partial charge < -0.3 is 4.90 Å². The van der Waals surface area contributed by atoms with Crippen LogP contribution in [0.5, 0.6) is 0 Å². The first kappa shape index (κ1) is 14.5. The van der Waals surface area contributed by atoms with Crippen molar-refractivity contribution in [2.24, 2.45) is 7.05 Å². The van der Waals surface area contributed by atoms with Crippen molar-refractivity contribution < 1.29 is 13.2 Å². The molecule has 2 saturated heterocycles. The molecule has 1 aromatic heterocycles. The molecule has 116 valence electrons. The number of hydrogen-bond acceptors (Lipinski definition) is 4. The van der Waals surface area contributed by atoms with Crippen LogP contribution < -0.4 is 4.90 Å². The van der Waals surface area contributed by atoms with Gasteiger partial charge in [-0.3, -0.25) is 9.48 Å². The Hall–Kier alpha value is -1.41. The highest BCUT2D eigenvalue weighted by molar-refractivity contribution is 7.89. The van der Waals surface area contributed by atoms with Gasteiger partial charge in [0.1, 0.15) is 0 Å². The average Bonchev–Trinajstić information content (AvgIpc) is 3.05. The van der Waals surface area contributed by atoms with Crippen LogP contribution in [0.25, 0.3) is 0 Å². The second-order valence-electron chi connectivity index (χ2n) is 5.61. The Morgan fingerprint density at radius 1 is 1.33 bits per heavy atom. The normalized spacial score (nSPS) is 27.1. The maximum atomic E-state index is 12.3. The van der Waals surface area contributed by atoms with E-state index in [9.17, 15) is 13.2 Å². The first-order chi connectivity index (χ1) is 9.94. The molecule has 2 aliphatic rings. The summed E-state index contributed by atoms with van der Waals surface area (Å²) < 4.78 is 27.6. The summed E-state index contributed by atoms with van der Waals surface area (Å²) in [6.45, 7) is 2.16. The number of amides is 1. The molecular formula is C13H20N4O3S. The Kier molecular flexibility index (Phi) is 3.53. The van der Waals surface area contributed by atoms with E-state index in [-0.39, 0.29) is 23.7 Å². The van der Waals surface area contributed by atoms with Gasteiger partial charge in [0.15, 0.2) is 0 Å². The van der Waals surface area contributed by atoms with Crippen molar-refractivity contribution in [1.82, 2.24) is 14.1 Å². The van der Waals surface area contributed by atoms with Gasteiger partial charge in [-0.05, 0) is 19.8 Å². The van der Waals surface area contributed by atoms with Gasteiger partial charge in [0, 0.05) is 32.3 Å². The summed E-state index contributed by atoms with van der Waals surface area (Å²) in [5.41, 5.74) is 0.757. The van der Waals surface area contributed by atoms with E-state index in [4.69, 9.17) is 0 Å². The molecule has 3 rings (SSSR count). The summed E-state index contributed by atoms with van der Waals surface area (Å²) in [6.07, 6.45) is 5.14. The molecule has 0 bridgehead atoms. The van der Waals surface area contributed by atoms with E-state index in [0.717, 1.165) is 5.69 Å². The van der Waals surface area contributed by atoms with E-state index in [1.54, 1.807) is 40.3 Å². The van der Waals surface area contributed by atoms with Crippen molar-refractivity contribution in [2.45, 2.75) is 38.3 Å². The van der Waals surface area contributed by atoms with E-state index in [2.05, 4.69) is 5.10 Å². The summed E-state index contributed by atoms with van der Waals surface area (Å²) in [5, 5.41) is 4.12. The number of aryl methyl sites for hydroxylation is 1. The van der Waals surface area contributed by atoms with Crippen LogP contribution in [0.4, 0.5) is 5.69 Å². The highest BCUT2D eigenvalue weighted by Gasteiger charge is 2.47. The zero-order valence-corrected chi connectivity index (χ0v) is 13.1. The fourth-order valence-corrected chi connectivity index (χ4v) is 4.78. The van der Waals surface area contributed by atoms with Gasteiger partial charge in [0.25, 0.3) is 0 Å². The lowest BCUT2D eigenvalue weighted by molar-refractivity contribution is -0.120. The smallest absolute Gasteiger partial charge is 0.227 e. The zero-order chi connectivity index (χ0) is 15.2. The van der Waals surface area contributed by atoms with Crippen LogP contribution in [-0.4, -0.2) is 52.8 Å². The van der Waals surface area contributed by atoms with Crippen LogP contribution >= 0.6 is 0 Å². The predicted molar refractivity (Wildman–Crippen MR) is 78.3 cm³/mol. The van der Waals surface area contributed by atoms with E-state index in [1.807, 2.05) is 0 Å². The lowest BCUT2D eigenvalue weighted by atomic mass is 9.96. The summed E-state index contributed by atoms with van der Waals surface area (Å²) in [7, 11) is -1.41. The van der Waals surface area contributed by atoms with E-state index >= 15 is 0 Å². The topological polar surface area (TPSA) is 75.5 Å². The van der Waals surface area contributed by atoms with Crippen LogP contribution in [0, 0.1) is 0 Å². The number of piperidine rings is 1. The Morgan fingerprint density at radius 3 is 2.71 bits per heavy atom. The summed E-state index contributed by atoms with van der Waals surface area (Å²) in [5.74, 6) is 0.164. The van der Waals surface area contributed by atoms with Gasteiger partial charge in [-0.25, -0.2) is 8.42 Å². The SMILES string of the molecule is CCS(=O)(=O)N1CC[C@H]2[C@@H]1CCC(=O)N2c1cnn(C)c1. The summed E-state index contributed by atoms with van der Waals surface area (Å²) in [6, 6.07) is -0.176. The standard InChI is InChI=1S/C13H20N4O3S/c1-3-21(19,20)16-7-6-12-11(16)4-5-13(18)17(12)10-8-14-15(2)9-10/h8-9,11-12H,3-7H2,1-2H3/t11-,12-/m0/s1. The van der Waals surface area contributed by atoms with Crippen LogP contribution in [0.1, 0.15) is 26.2 Å². The number of carbonyl (C=O) groups excluding carboxylic acids is 1. The number of anilines is 1. The van der Waals surface area contributed by atoms with E-state index in [1.165, 1.54) is 0 Å². The Labute approximate surface area is 124 Å². The third-order valence-electron chi connectivity index (χ3n) is 4.41. The number of rotatable bonds is 3. The highest BCUT2D eigenvalue weighted by atomic mass is 32.2. The summed E-state index contributed by atoms with van der Waals surface area (Å²) >= 11 is 0. The molecule has 2 fully saturated rings.